The summed E-state index contributed by atoms with van der Waals surface area (Å²) in [5.74, 6) is 0. The largest absolute Gasteiger partial charge is 0.444 e. The Hall–Kier alpha value is -0.290. The number of amides is 1. The molecule has 0 N–H and O–H groups in total. The maximum absolute atomic E-state index is 12.1. The van der Waals surface area contributed by atoms with Crippen molar-refractivity contribution in [2.75, 3.05) is 19.0 Å². The maximum atomic E-state index is 12.1. The molecule has 0 bridgehead atoms. The van der Waals surface area contributed by atoms with Crippen molar-refractivity contribution in [3.05, 3.63) is 0 Å². The van der Waals surface area contributed by atoms with E-state index in [0.717, 1.165) is 44.0 Å². The first-order chi connectivity index (χ1) is 10.8. The second-order valence-electron chi connectivity index (χ2n) is 7.50. The Balaban J connectivity index is 2.18. The van der Waals surface area contributed by atoms with Crippen LogP contribution in [0.3, 0.4) is 0 Å². The van der Waals surface area contributed by atoms with Gasteiger partial charge in [-0.25, -0.2) is 4.79 Å². The van der Waals surface area contributed by atoms with Crippen molar-refractivity contribution in [2.45, 2.75) is 89.9 Å². The molecule has 0 atom stereocenters. The Labute approximate surface area is 150 Å². The monoisotopic (exact) mass is 391 g/mol. The minimum Gasteiger partial charge on any atom is -0.444 e. The zero-order valence-electron chi connectivity index (χ0n) is 15.3. The number of unbranched alkanes of at least 4 members (excludes halogenated alkanes) is 3. The lowest BCUT2D eigenvalue weighted by Gasteiger charge is -2.35. The van der Waals surface area contributed by atoms with Gasteiger partial charge in [0.05, 0.1) is 6.10 Å². The molecule has 23 heavy (non-hydrogen) atoms. The second-order valence-corrected chi connectivity index (χ2v) is 8.29. The molecule has 136 valence electrons. The fraction of sp³-hybridized carbons (Fsp3) is 0.944. The molecular weight excluding hydrogens is 358 g/mol. The number of nitrogens with zero attached hydrogens (tertiary/aromatic N) is 1. The van der Waals surface area contributed by atoms with Gasteiger partial charge in [-0.15, -0.1) is 0 Å². The Kier molecular flexibility index (Phi) is 9.52. The summed E-state index contributed by atoms with van der Waals surface area (Å²) in [5, 5.41) is 1.10. The number of rotatable bonds is 8. The van der Waals surface area contributed by atoms with Gasteiger partial charge in [0.2, 0.25) is 0 Å². The molecule has 1 aliphatic carbocycles. The van der Waals surface area contributed by atoms with Crippen molar-refractivity contribution in [1.82, 2.24) is 4.90 Å². The van der Waals surface area contributed by atoms with Crippen LogP contribution in [0.2, 0.25) is 0 Å². The number of hydrogen-bond acceptors (Lipinski definition) is 3. The van der Waals surface area contributed by atoms with Gasteiger partial charge in [0.25, 0.3) is 0 Å². The predicted octanol–water partition coefficient (Wildman–Crippen LogP) is 5.14. The minimum absolute atomic E-state index is 0.214. The molecule has 1 saturated carbocycles. The van der Waals surface area contributed by atoms with Crippen molar-refractivity contribution in [1.29, 1.82) is 0 Å². The van der Waals surface area contributed by atoms with Crippen molar-refractivity contribution in [3.8, 4) is 0 Å². The molecule has 1 fully saturated rings. The van der Waals surface area contributed by atoms with Crippen LogP contribution in [-0.4, -0.2) is 47.7 Å². The lowest BCUT2D eigenvalue weighted by atomic mass is 9.92. The zero-order valence-corrected chi connectivity index (χ0v) is 16.9. The summed E-state index contributed by atoms with van der Waals surface area (Å²) in [4.78, 5) is 13.9. The van der Waals surface area contributed by atoms with Crippen molar-refractivity contribution in [3.63, 3.8) is 0 Å². The third-order valence-corrected chi connectivity index (χ3v) is 4.82. The lowest BCUT2D eigenvalue weighted by molar-refractivity contribution is -0.00580. The third kappa shape index (κ3) is 8.94. The highest BCUT2D eigenvalue weighted by Gasteiger charge is 2.29. The van der Waals surface area contributed by atoms with E-state index in [9.17, 15) is 4.79 Å². The van der Waals surface area contributed by atoms with Gasteiger partial charge in [-0.05, 0) is 59.3 Å². The Morgan fingerprint density at radius 1 is 1.09 bits per heavy atom. The number of alkyl halides is 1. The molecule has 5 heteroatoms. The molecule has 0 heterocycles. The smallest absolute Gasteiger partial charge is 0.410 e. The minimum atomic E-state index is -0.430. The van der Waals surface area contributed by atoms with Gasteiger partial charge in [-0.1, -0.05) is 28.8 Å². The van der Waals surface area contributed by atoms with Gasteiger partial charge in [0.15, 0.2) is 0 Å². The van der Waals surface area contributed by atoms with Crippen LogP contribution in [0.25, 0.3) is 0 Å². The van der Waals surface area contributed by atoms with Gasteiger partial charge >= 0.3 is 6.09 Å². The normalized spacial score (nSPS) is 22.0. The number of carbonyl (C=O) groups excluding carboxylic acids is 1. The van der Waals surface area contributed by atoms with E-state index in [1.165, 1.54) is 19.3 Å². The predicted molar refractivity (Wildman–Crippen MR) is 98.3 cm³/mol. The zero-order chi connectivity index (χ0) is 17.3. The summed E-state index contributed by atoms with van der Waals surface area (Å²) in [6, 6.07) is 0.281. The summed E-state index contributed by atoms with van der Waals surface area (Å²) in [6.07, 6.45) is 9.19. The average Bonchev–Trinajstić information content (AvgIpc) is 2.49. The third-order valence-electron chi connectivity index (χ3n) is 4.25. The highest BCUT2D eigenvalue weighted by Crippen LogP contribution is 2.25. The fourth-order valence-corrected chi connectivity index (χ4v) is 3.28. The summed E-state index contributed by atoms with van der Waals surface area (Å²) in [7, 11) is 1.85. The number of hydrogen-bond donors (Lipinski definition) is 0. The van der Waals surface area contributed by atoms with Crippen LogP contribution >= 0.6 is 15.9 Å². The van der Waals surface area contributed by atoms with Crippen LogP contribution in [0.1, 0.15) is 72.1 Å². The first-order valence-electron chi connectivity index (χ1n) is 8.97. The van der Waals surface area contributed by atoms with E-state index in [1.807, 2.05) is 27.8 Å². The van der Waals surface area contributed by atoms with E-state index in [-0.39, 0.29) is 12.1 Å². The second kappa shape index (κ2) is 10.5. The van der Waals surface area contributed by atoms with E-state index >= 15 is 0 Å². The Morgan fingerprint density at radius 2 is 1.70 bits per heavy atom. The van der Waals surface area contributed by atoms with E-state index in [1.54, 1.807) is 4.90 Å². The molecule has 1 amide bonds. The quantitative estimate of drug-likeness (QED) is 0.424. The molecule has 4 nitrogen and oxygen atoms in total. The molecule has 0 aromatic heterocycles. The maximum Gasteiger partial charge on any atom is 0.410 e. The molecular formula is C18H34BrNO3. The molecule has 1 aliphatic rings. The Bertz CT molecular complexity index is 336. The van der Waals surface area contributed by atoms with Crippen molar-refractivity contribution < 1.29 is 14.3 Å². The molecule has 0 unspecified atom stereocenters. The van der Waals surface area contributed by atoms with Gasteiger partial charge in [-0.3, -0.25) is 0 Å². The Morgan fingerprint density at radius 3 is 2.26 bits per heavy atom. The van der Waals surface area contributed by atoms with E-state index < -0.39 is 5.60 Å². The standard InChI is InChI=1S/C18H34BrNO3/c1-18(2,3)23-17(21)20(4)15-9-11-16(12-10-15)22-14-8-6-5-7-13-19/h15-16H,5-14H2,1-4H3. The van der Waals surface area contributed by atoms with Crippen molar-refractivity contribution in [2.24, 2.45) is 0 Å². The summed E-state index contributed by atoms with van der Waals surface area (Å²) in [5.41, 5.74) is -0.430. The average molecular weight is 392 g/mol. The van der Waals surface area contributed by atoms with Crippen LogP contribution < -0.4 is 0 Å². The summed E-state index contributed by atoms with van der Waals surface area (Å²) < 4.78 is 11.4. The molecule has 0 aromatic rings. The summed E-state index contributed by atoms with van der Waals surface area (Å²) in [6.45, 7) is 6.59. The van der Waals surface area contributed by atoms with Crippen LogP contribution in [-0.2, 0) is 9.47 Å². The van der Waals surface area contributed by atoms with E-state index in [0.29, 0.717) is 6.10 Å². The van der Waals surface area contributed by atoms with Crippen LogP contribution in [0.4, 0.5) is 4.79 Å². The first kappa shape index (κ1) is 20.8. The van der Waals surface area contributed by atoms with Crippen LogP contribution in [0.15, 0.2) is 0 Å². The van der Waals surface area contributed by atoms with Crippen molar-refractivity contribution >= 4 is 22.0 Å². The van der Waals surface area contributed by atoms with Crippen LogP contribution in [0, 0.1) is 0 Å². The first-order valence-corrected chi connectivity index (χ1v) is 10.1. The van der Waals surface area contributed by atoms with Gasteiger partial charge in [-0.2, -0.15) is 0 Å². The highest BCUT2D eigenvalue weighted by atomic mass is 79.9. The molecule has 0 spiro atoms. The van der Waals surface area contributed by atoms with E-state index in [4.69, 9.17) is 9.47 Å². The molecule has 0 saturated heterocycles. The number of carbonyl (C=O) groups is 1. The highest BCUT2D eigenvalue weighted by molar-refractivity contribution is 9.09. The molecule has 1 rings (SSSR count). The van der Waals surface area contributed by atoms with Crippen LogP contribution in [0.5, 0.6) is 0 Å². The topological polar surface area (TPSA) is 38.8 Å². The number of halogens is 1. The van der Waals surface area contributed by atoms with Gasteiger partial charge in [0.1, 0.15) is 5.60 Å². The molecule has 0 aliphatic heterocycles. The molecule has 0 radical (unpaired) electrons. The summed E-state index contributed by atoms with van der Waals surface area (Å²) >= 11 is 3.46. The van der Waals surface area contributed by atoms with Gasteiger partial charge in [0, 0.05) is 25.0 Å². The fourth-order valence-electron chi connectivity index (χ4n) is 2.88. The molecule has 0 aromatic carbocycles. The number of ether oxygens (including phenoxy) is 2. The van der Waals surface area contributed by atoms with E-state index in [2.05, 4.69) is 15.9 Å². The van der Waals surface area contributed by atoms with Gasteiger partial charge < -0.3 is 14.4 Å². The lowest BCUT2D eigenvalue weighted by Crippen LogP contribution is -2.43. The SMILES string of the molecule is CN(C(=O)OC(C)(C)C)C1CCC(OCCCCCCBr)CC1.